The highest BCUT2D eigenvalue weighted by Crippen LogP contribution is 2.04. The number of rotatable bonds is 5. The van der Waals surface area contributed by atoms with Gasteiger partial charge in [-0.1, -0.05) is 0 Å². The highest BCUT2D eigenvalue weighted by molar-refractivity contribution is 5.66. The van der Waals surface area contributed by atoms with Gasteiger partial charge in [-0.15, -0.1) is 0 Å². The summed E-state index contributed by atoms with van der Waals surface area (Å²) >= 11 is 0. The molecule has 1 aliphatic rings. The van der Waals surface area contributed by atoms with Gasteiger partial charge in [0.25, 0.3) is 0 Å². The molecule has 0 radical (unpaired) electrons. The molecule has 1 atom stereocenters. The van der Waals surface area contributed by atoms with E-state index in [1.807, 2.05) is 0 Å². The third-order valence-electron chi connectivity index (χ3n) is 1.94. The molecule has 1 rings (SSSR count). The van der Waals surface area contributed by atoms with Crippen LogP contribution in [0.4, 0.5) is 0 Å². The molecule has 1 heterocycles. The Hall–Kier alpha value is -0.610. The number of aliphatic carboxylic acids is 1. The Balaban J connectivity index is 1.91. The summed E-state index contributed by atoms with van der Waals surface area (Å²) in [6, 6.07) is 0.443. The van der Waals surface area contributed by atoms with Gasteiger partial charge in [-0.3, -0.25) is 4.79 Å². The van der Waals surface area contributed by atoms with Gasteiger partial charge in [-0.05, 0) is 19.4 Å². The molecular weight excluding hydrogens is 158 g/mol. The molecule has 4 nitrogen and oxygen atoms in total. The third-order valence-corrected chi connectivity index (χ3v) is 1.94. The maximum absolute atomic E-state index is 10.1. The van der Waals surface area contributed by atoms with Crippen LogP contribution >= 0.6 is 0 Å². The molecule has 0 unspecified atom stereocenters. The molecule has 0 amide bonds. The molecule has 0 aromatic heterocycles. The lowest BCUT2D eigenvalue weighted by atomic mass is 10.2. The first kappa shape index (κ1) is 9.48. The summed E-state index contributed by atoms with van der Waals surface area (Å²) in [5.74, 6) is -0.797. The van der Waals surface area contributed by atoms with Crippen molar-refractivity contribution in [3.8, 4) is 0 Å². The van der Waals surface area contributed by atoms with E-state index in [0.717, 1.165) is 13.0 Å². The normalized spacial score (nSPS) is 22.8. The second-order valence-corrected chi connectivity index (χ2v) is 3.01. The lowest BCUT2D eigenvalue weighted by molar-refractivity contribution is -0.138. The van der Waals surface area contributed by atoms with Crippen LogP contribution in [-0.4, -0.2) is 36.9 Å². The van der Waals surface area contributed by atoms with Gasteiger partial charge in [-0.25, -0.2) is 0 Å². The monoisotopic (exact) mass is 173 g/mol. The summed E-state index contributed by atoms with van der Waals surface area (Å²) in [6.07, 6.45) is 2.45. The van der Waals surface area contributed by atoms with Crippen LogP contribution in [0, 0.1) is 0 Å². The summed E-state index contributed by atoms with van der Waals surface area (Å²) in [5, 5.41) is 11.6. The van der Waals surface area contributed by atoms with Crippen molar-refractivity contribution in [2.75, 3.05) is 19.8 Å². The second-order valence-electron chi connectivity index (χ2n) is 3.01. The van der Waals surface area contributed by atoms with E-state index in [1.54, 1.807) is 0 Å². The topological polar surface area (TPSA) is 58.6 Å². The van der Waals surface area contributed by atoms with Gasteiger partial charge in [0.05, 0.1) is 19.6 Å². The molecule has 1 saturated heterocycles. The van der Waals surface area contributed by atoms with Crippen LogP contribution < -0.4 is 5.32 Å². The summed E-state index contributed by atoms with van der Waals surface area (Å²) < 4.78 is 5.19. The first-order valence-electron chi connectivity index (χ1n) is 4.32. The molecule has 4 heteroatoms. The SMILES string of the molecule is O=C(O)CCOC[C@@H]1CCCN1. The first-order valence-corrected chi connectivity index (χ1v) is 4.32. The molecule has 1 fully saturated rings. The fourth-order valence-corrected chi connectivity index (χ4v) is 1.28. The zero-order chi connectivity index (χ0) is 8.81. The number of carbonyl (C=O) groups is 1. The molecule has 0 bridgehead atoms. The van der Waals surface area contributed by atoms with Crippen LogP contribution in [0.15, 0.2) is 0 Å². The van der Waals surface area contributed by atoms with Crippen molar-refractivity contribution in [2.24, 2.45) is 0 Å². The number of nitrogens with one attached hydrogen (secondary N) is 1. The van der Waals surface area contributed by atoms with Gasteiger partial charge < -0.3 is 15.2 Å². The Morgan fingerprint density at radius 2 is 2.50 bits per heavy atom. The average molecular weight is 173 g/mol. The number of ether oxygens (including phenoxy) is 1. The van der Waals surface area contributed by atoms with Crippen LogP contribution in [0.25, 0.3) is 0 Å². The maximum Gasteiger partial charge on any atom is 0.305 e. The molecule has 0 spiro atoms. The molecule has 0 saturated carbocycles. The molecule has 12 heavy (non-hydrogen) atoms. The van der Waals surface area contributed by atoms with Gasteiger partial charge in [0.1, 0.15) is 0 Å². The van der Waals surface area contributed by atoms with E-state index in [4.69, 9.17) is 9.84 Å². The van der Waals surface area contributed by atoms with Crippen LogP contribution in [0.3, 0.4) is 0 Å². The van der Waals surface area contributed by atoms with Crippen molar-refractivity contribution in [3.63, 3.8) is 0 Å². The van der Waals surface area contributed by atoms with Crippen molar-refractivity contribution < 1.29 is 14.6 Å². The van der Waals surface area contributed by atoms with Gasteiger partial charge in [-0.2, -0.15) is 0 Å². The predicted octanol–water partition coefficient (Wildman–Crippen LogP) is 0.230. The fourth-order valence-electron chi connectivity index (χ4n) is 1.28. The van der Waals surface area contributed by atoms with E-state index in [2.05, 4.69) is 5.32 Å². The van der Waals surface area contributed by atoms with E-state index < -0.39 is 5.97 Å². The molecule has 0 aliphatic carbocycles. The largest absolute Gasteiger partial charge is 0.481 e. The minimum atomic E-state index is -0.797. The average Bonchev–Trinajstić information content (AvgIpc) is 2.49. The predicted molar refractivity (Wildman–Crippen MR) is 44.1 cm³/mol. The molecule has 2 N–H and O–H groups in total. The fraction of sp³-hybridized carbons (Fsp3) is 0.875. The number of carboxylic acid groups (broad SMARTS) is 1. The van der Waals surface area contributed by atoms with Gasteiger partial charge in [0, 0.05) is 6.04 Å². The second kappa shape index (κ2) is 5.11. The summed E-state index contributed by atoms with van der Waals surface area (Å²) in [6.45, 7) is 2.04. The van der Waals surface area contributed by atoms with Crippen molar-refractivity contribution in [1.82, 2.24) is 5.32 Å². The Morgan fingerprint density at radius 3 is 3.08 bits per heavy atom. The van der Waals surface area contributed by atoms with Crippen molar-refractivity contribution >= 4 is 5.97 Å². The van der Waals surface area contributed by atoms with Crippen molar-refractivity contribution in [1.29, 1.82) is 0 Å². The van der Waals surface area contributed by atoms with E-state index in [1.165, 1.54) is 6.42 Å². The van der Waals surface area contributed by atoms with Gasteiger partial charge in [0.15, 0.2) is 0 Å². The number of hydrogen-bond donors (Lipinski definition) is 2. The van der Waals surface area contributed by atoms with Crippen LogP contribution in [-0.2, 0) is 9.53 Å². The standard InChI is InChI=1S/C8H15NO3/c10-8(11)3-5-12-6-7-2-1-4-9-7/h7,9H,1-6H2,(H,10,11)/t7-/m0/s1. The van der Waals surface area contributed by atoms with Crippen LogP contribution in [0.5, 0.6) is 0 Å². The number of hydrogen-bond acceptors (Lipinski definition) is 3. The van der Waals surface area contributed by atoms with E-state index in [9.17, 15) is 4.79 Å². The Bertz CT molecular complexity index is 143. The Labute approximate surface area is 71.9 Å². The third kappa shape index (κ3) is 3.69. The Kier molecular flexibility index (Phi) is 4.04. The van der Waals surface area contributed by atoms with Crippen molar-refractivity contribution in [2.45, 2.75) is 25.3 Å². The highest BCUT2D eigenvalue weighted by atomic mass is 16.5. The van der Waals surface area contributed by atoms with E-state index in [-0.39, 0.29) is 6.42 Å². The van der Waals surface area contributed by atoms with Gasteiger partial charge in [0.2, 0.25) is 0 Å². The highest BCUT2D eigenvalue weighted by Gasteiger charge is 2.13. The lowest BCUT2D eigenvalue weighted by Crippen LogP contribution is -2.27. The van der Waals surface area contributed by atoms with E-state index >= 15 is 0 Å². The Morgan fingerprint density at radius 1 is 1.67 bits per heavy atom. The van der Waals surface area contributed by atoms with Crippen LogP contribution in [0.1, 0.15) is 19.3 Å². The number of carboxylic acids is 1. The zero-order valence-corrected chi connectivity index (χ0v) is 7.08. The van der Waals surface area contributed by atoms with Gasteiger partial charge >= 0.3 is 5.97 Å². The summed E-state index contributed by atoms with van der Waals surface area (Å²) in [7, 11) is 0. The smallest absolute Gasteiger partial charge is 0.305 e. The quantitative estimate of drug-likeness (QED) is 0.584. The molecular formula is C8H15NO3. The van der Waals surface area contributed by atoms with Crippen molar-refractivity contribution in [3.05, 3.63) is 0 Å². The van der Waals surface area contributed by atoms with E-state index in [0.29, 0.717) is 19.3 Å². The minimum Gasteiger partial charge on any atom is -0.481 e. The minimum absolute atomic E-state index is 0.104. The summed E-state index contributed by atoms with van der Waals surface area (Å²) in [5.41, 5.74) is 0. The first-order chi connectivity index (χ1) is 5.79. The zero-order valence-electron chi connectivity index (χ0n) is 7.08. The molecule has 0 aromatic carbocycles. The molecule has 0 aromatic rings. The molecule has 70 valence electrons. The maximum atomic E-state index is 10.1. The molecule has 1 aliphatic heterocycles. The summed E-state index contributed by atoms with van der Waals surface area (Å²) in [4.78, 5) is 10.1. The lowest BCUT2D eigenvalue weighted by Gasteiger charge is -2.09. The van der Waals surface area contributed by atoms with Crippen LogP contribution in [0.2, 0.25) is 0 Å².